The van der Waals surface area contributed by atoms with Crippen molar-refractivity contribution in [1.82, 2.24) is 4.90 Å². The van der Waals surface area contributed by atoms with Gasteiger partial charge in [0.1, 0.15) is 5.72 Å². The molecule has 2 atom stereocenters. The predicted octanol–water partition coefficient (Wildman–Crippen LogP) is 1.76. The molecular weight excluding hydrogens is 222 g/mol. The first-order chi connectivity index (χ1) is 7.79. The molecule has 1 aliphatic rings. The molecule has 0 spiro atoms. The van der Waals surface area contributed by atoms with Crippen LogP contribution in [0.15, 0.2) is 0 Å². The lowest BCUT2D eigenvalue weighted by atomic mass is 9.90. The van der Waals surface area contributed by atoms with Gasteiger partial charge in [-0.25, -0.2) is 4.79 Å². The first-order valence-corrected chi connectivity index (χ1v) is 6.06. The summed E-state index contributed by atoms with van der Waals surface area (Å²) in [7, 11) is 0. The van der Waals surface area contributed by atoms with Gasteiger partial charge in [-0.3, -0.25) is 4.90 Å². The molecule has 5 nitrogen and oxygen atoms in total. The lowest BCUT2D eigenvalue weighted by molar-refractivity contribution is -0.0428. The van der Waals surface area contributed by atoms with E-state index in [0.717, 1.165) is 0 Å². The van der Waals surface area contributed by atoms with Crippen molar-refractivity contribution >= 4 is 6.09 Å². The fraction of sp³-hybridized carbons (Fsp3) is 0.917. The normalized spacial score (nSPS) is 25.3. The molecule has 0 aromatic carbocycles. The van der Waals surface area contributed by atoms with Crippen LogP contribution in [-0.2, 0) is 4.74 Å². The van der Waals surface area contributed by atoms with Gasteiger partial charge in [0.2, 0.25) is 0 Å². The molecule has 1 saturated heterocycles. The van der Waals surface area contributed by atoms with E-state index in [1.807, 2.05) is 13.8 Å². The summed E-state index contributed by atoms with van der Waals surface area (Å²) in [4.78, 5) is 12.6. The SMILES string of the molecule is CC(C)[C@@H](CO)C[C@H]1COC(C)(C)N1C(=O)O. The molecule has 1 fully saturated rings. The molecule has 1 aliphatic heterocycles. The molecule has 0 radical (unpaired) electrons. The zero-order chi connectivity index (χ0) is 13.2. The Kier molecular flexibility index (Phi) is 4.38. The number of aliphatic hydroxyl groups excluding tert-OH is 1. The molecule has 0 aliphatic carbocycles. The average Bonchev–Trinajstić information content (AvgIpc) is 2.49. The summed E-state index contributed by atoms with van der Waals surface area (Å²) in [5.41, 5.74) is -0.770. The zero-order valence-electron chi connectivity index (χ0n) is 11.0. The highest BCUT2D eigenvalue weighted by molar-refractivity contribution is 5.66. The van der Waals surface area contributed by atoms with E-state index in [0.29, 0.717) is 18.9 Å². The maximum Gasteiger partial charge on any atom is 0.409 e. The van der Waals surface area contributed by atoms with E-state index in [4.69, 9.17) is 4.74 Å². The Morgan fingerprint density at radius 2 is 2.12 bits per heavy atom. The average molecular weight is 245 g/mol. The van der Waals surface area contributed by atoms with Crippen LogP contribution in [0.25, 0.3) is 0 Å². The third kappa shape index (κ3) is 3.10. The third-order valence-corrected chi connectivity index (χ3v) is 3.53. The molecule has 0 aromatic rings. The van der Waals surface area contributed by atoms with Crippen molar-refractivity contribution in [3.8, 4) is 0 Å². The maximum absolute atomic E-state index is 11.3. The molecule has 1 amide bonds. The van der Waals surface area contributed by atoms with Crippen LogP contribution in [0.4, 0.5) is 4.79 Å². The van der Waals surface area contributed by atoms with Crippen LogP contribution >= 0.6 is 0 Å². The number of hydrogen-bond donors (Lipinski definition) is 2. The molecule has 2 N–H and O–H groups in total. The van der Waals surface area contributed by atoms with Crippen LogP contribution in [0, 0.1) is 11.8 Å². The number of ether oxygens (including phenoxy) is 1. The van der Waals surface area contributed by atoms with Crippen LogP contribution in [0.5, 0.6) is 0 Å². The summed E-state index contributed by atoms with van der Waals surface area (Å²) in [6, 6.07) is -0.165. The molecule has 1 rings (SSSR count). The summed E-state index contributed by atoms with van der Waals surface area (Å²) in [6.45, 7) is 8.07. The van der Waals surface area contributed by atoms with Gasteiger partial charge in [-0.1, -0.05) is 13.8 Å². The van der Waals surface area contributed by atoms with E-state index in [-0.39, 0.29) is 18.6 Å². The zero-order valence-corrected chi connectivity index (χ0v) is 11.0. The summed E-state index contributed by atoms with van der Waals surface area (Å²) >= 11 is 0. The second-order valence-corrected chi connectivity index (χ2v) is 5.49. The van der Waals surface area contributed by atoms with Crippen LogP contribution in [-0.4, -0.2) is 46.2 Å². The number of rotatable bonds is 4. The smallest absolute Gasteiger partial charge is 0.409 e. The van der Waals surface area contributed by atoms with Crippen molar-refractivity contribution in [2.24, 2.45) is 11.8 Å². The molecule has 100 valence electrons. The molecule has 1 heterocycles. The number of amides is 1. The first kappa shape index (κ1) is 14.3. The van der Waals surface area contributed by atoms with E-state index in [1.165, 1.54) is 4.90 Å². The van der Waals surface area contributed by atoms with Crippen LogP contribution in [0.2, 0.25) is 0 Å². The van der Waals surface area contributed by atoms with Gasteiger partial charge < -0.3 is 14.9 Å². The standard InChI is InChI=1S/C12H23NO4/c1-8(2)9(6-14)5-10-7-17-12(3,4)13(10)11(15)16/h8-10,14H,5-7H2,1-4H3,(H,15,16)/t9-,10+/m1/s1. The Hall–Kier alpha value is -0.810. The molecule has 0 saturated carbocycles. The van der Waals surface area contributed by atoms with Gasteiger partial charge in [-0.2, -0.15) is 0 Å². The van der Waals surface area contributed by atoms with Gasteiger partial charge in [-0.05, 0) is 32.1 Å². The summed E-state index contributed by atoms with van der Waals surface area (Å²) < 4.78 is 5.52. The number of hydrogen-bond acceptors (Lipinski definition) is 3. The largest absolute Gasteiger partial charge is 0.465 e. The Balaban J connectivity index is 2.74. The van der Waals surface area contributed by atoms with Gasteiger partial charge in [-0.15, -0.1) is 0 Å². The molecular formula is C12H23NO4. The number of nitrogens with zero attached hydrogens (tertiary/aromatic N) is 1. The van der Waals surface area contributed by atoms with Crippen molar-refractivity contribution in [3.63, 3.8) is 0 Å². The van der Waals surface area contributed by atoms with E-state index in [9.17, 15) is 15.0 Å². The van der Waals surface area contributed by atoms with Gasteiger partial charge in [0.15, 0.2) is 0 Å². The minimum atomic E-state index is -0.960. The highest BCUT2D eigenvalue weighted by atomic mass is 16.5. The fourth-order valence-electron chi connectivity index (χ4n) is 2.35. The van der Waals surface area contributed by atoms with Gasteiger partial charge in [0, 0.05) is 6.61 Å². The molecule has 17 heavy (non-hydrogen) atoms. The molecule has 0 bridgehead atoms. The second kappa shape index (κ2) is 5.23. The van der Waals surface area contributed by atoms with E-state index in [1.54, 1.807) is 13.8 Å². The van der Waals surface area contributed by atoms with E-state index >= 15 is 0 Å². The molecule has 0 unspecified atom stereocenters. The topological polar surface area (TPSA) is 70.0 Å². The second-order valence-electron chi connectivity index (χ2n) is 5.49. The van der Waals surface area contributed by atoms with Crippen LogP contribution < -0.4 is 0 Å². The Bertz CT molecular complexity index is 278. The summed E-state index contributed by atoms with van der Waals surface area (Å²) in [6.07, 6.45) is -0.317. The minimum Gasteiger partial charge on any atom is -0.465 e. The number of carbonyl (C=O) groups is 1. The number of carboxylic acid groups (broad SMARTS) is 1. The van der Waals surface area contributed by atoms with Gasteiger partial charge >= 0.3 is 6.09 Å². The number of aliphatic hydroxyl groups is 1. The highest BCUT2D eigenvalue weighted by Crippen LogP contribution is 2.31. The quantitative estimate of drug-likeness (QED) is 0.791. The van der Waals surface area contributed by atoms with Gasteiger partial charge in [0.25, 0.3) is 0 Å². The van der Waals surface area contributed by atoms with Crippen LogP contribution in [0.1, 0.15) is 34.1 Å². The fourth-order valence-corrected chi connectivity index (χ4v) is 2.35. The first-order valence-electron chi connectivity index (χ1n) is 6.06. The van der Waals surface area contributed by atoms with Crippen LogP contribution in [0.3, 0.4) is 0 Å². The predicted molar refractivity (Wildman–Crippen MR) is 63.7 cm³/mol. The molecule has 0 aromatic heterocycles. The van der Waals surface area contributed by atoms with Crippen molar-refractivity contribution in [1.29, 1.82) is 0 Å². The third-order valence-electron chi connectivity index (χ3n) is 3.53. The Morgan fingerprint density at radius 1 is 1.53 bits per heavy atom. The summed E-state index contributed by atoms with van der Waals surface area (Å²) in [5.74, 6) is 0.443. The monoisotopic (exact) mass is 245 g/mol. The minimum absolute atomic E-state index is 0.0854. The van der Waals surface area contributed by atoms with Crippen molar-refractivity contribution in [2.45, 2.75) is 45.9 Å². The molecule has 5 heteroatoms. The highest BCUT2D eigenvalue weighted by Gasteiger charge is 2.44. The van der Waals surface area contributed by atoms with E-state index in [2.05, 4.69) is 0 Å². The van der Waals surface area contributed by atoms with Crippen molar-refractivity contribution in [2.75, 3.05) is 13.2 Å². The summed E-state index contributed by atoms with van der Waals surface area (Å²) in [5, 5.41) is 18.5. The lowest BCUT2D eigenvalue weighted by Gasteiger charge is -2.32. The van der Waals surface area contributed by atoms with E-state index < -0.39 is 11.8 Å². The lowest BCUT2D eigenvalue weighted by Crippen LogP contribution is -2.48. The van der Waals surface area contributed by atoms with Crippen molar-refractivity contribution < 1.29 is 19.7 Å². The Labute approximate surface area is 102 Å². The van der Waals surface area contributed by atoms with Gasteiger partial charge in [0.05, 0.1) is 12.6 Å². The Morgan fingerprint density at radius 3 is 2.53 bits per heavy atom. The van der Waals surface area contributed by atoms with Crippen molar-refractivity contribution in [3.05, 3.63) is 0 Å². The maximum atomic E-state index is 11.3.